The predicted molar refractivity (Wildman–Crippen MR) is 121 cm³/mol. The number of nitrogens with zero attached hydrogens (tertiary/aromatic N) is 1. The van der Waals surface area contributed by atoms with Gasteiger partial charge in [0.1, 0.15) is 5.75 Å². The third-order valence-corrected chi connectivity index (χ3v) is 7.86. The van der Waals surface area contributed by atoms with Gasteiger partial charge in [-0.2, -0.15) is 8.78 Å². The second kappa shape index (κ2) is 9.68. The van der Waals surface area contributed by atoms with E-state index in [1.807, 2.05) is 12.1 Å². The third-order valence-electron chi connectivity index (χ3n) is 6.21. The number of rotatable bonds is 7. The number of likely N-dealkylation sites (tertiary alicyclic amines) is 1. The highest BCUT2D eigenvalue weighted by Crippen LogP contribution is 2.30. The van der Waals surface area contributed by atoms with Crippen LogP contribution in [0, 0.1) is 6.92 Å². The summed E-state index contributed by atoms with van der Waals surface area (Å²) in [6.07, 6.45) is 3.98. The number of allylic oxidation sites excluding steroid dienone is 1. The fourth-order valence-corrected chi connectivity index (χ4v) is 5.84. The van der Waals surface area contributed by atoms with Gasteiger partial charge in [-0.15, -0.1) is 0 Å². The van der Waals surface area contributed by atoms with Gasteiger partial charge in [0, 0.05) is 25.7 Å². The van der Waals surface area contributed by atoms with Gasteiger partial charge in [-0.3, -0.25) is 4.90 Å². The highest BCUT2D eigenvalue weighted by atomic mass is 32.2. The first kappa shape index (κ1) is 22.9. The molecule has 1 aliphatic heterocycles. The summed E-state index contributed by atoms with van der Waals surface area (Å²) >= 11 is 0. The first-order valence-electron chi connectivity index (χ1n) is 10.9. The molecule has 5 nitrogen and oxygen atoms in total. The molecular formula is C24H28F2N2O3S. The topological polar surface area (TPSA) is 58.6 Å². The number of sulfonamides is 1. The largest absolute Gasteiger partial charge is 0.435 e. The summed E-state index contributed by atoms with van der Waals surface area (Å²) in [5.41, 5.74) is 4.12. The molecule has 0 spiro atoms. The second-order valence-electron chi connectivity index (χ2n) is 8.45. The second-order valence-corrected chi connectivity index (χ2v) is 10.2. The number of alkyl halides is 2. The Labute approximate surface area is 188 Å². The van der Waals surface area contributed by atoms with Gasteiger partial charge in [0.2, 0.25) is 10.0 Å². The molecule has 0 amide bonds. The molecule has 4 rings (SSSR count). The Bertz CT molecular complexity index is 1090. The molecule has 172 valence electrons. The molecular weight excluding hydrogens is 434 g/mol. The molecule has 2 aromatic carbocycles. The van der Waals surface area contributed by atoms with Crippen LogP contribution in [0.4, 0.5) is 8.78 Å². The molecule has 0 atom stereocenters. The minimum absolute atomic E-state index is 0.0859. The van der Waals surface area contributed by atoms with E-state index in [1.54, 1.807) is 18.2 Å². The maximum Gasteiger partial charge on any atom is 0.387 e. The van der Waals surface area contributed by atoms with Crippen molar-refractivity contribution in [3.63, 3.8) is 0 Å². The van der Waals surface area contributed by atoms with Crippen LogP contribution in [0.3, 0.4) is 0 Å². The third kappa shape index (κ3) is 5.54. The molecule has 1 fully saturated rings. The number of aryl methyl sites for hydroxylation is 2. The van der Waals surface area contributed by atoms with Crippen molar-refractivity contribution in [3.8, 4) is 5.75 Å². The van der Waals surface area contributed by atoms with Crippen LogP contribution in [0.15, 0.2) is 47.4 Å². The van der Waals surface area contributed by atoms with Crippen LogP contribution < -0.4 is 9.46 Å². The standard InChI is InChI=1S/C24H28F2N2O3S/c1-17-4-2-3-5-20(17)16-28-12-10-21(11-13-28)27-32(29,30)23-9-7-18-14-22(31-24(25)26)8-6-19(18)15-23/h2-6,8,14-15,21,24,27H,7,9-13,16H2,1H3. The van der Waals surface area contributed by atoms with E-state index >= 15 is 0 Å². The first-order chi connectivity index (χ1) is 15.3. The SMILES string of the molecule is Cc1ccccc1CN1CCC(NS(=O)(=O)C2=Cc3ccc(OC(F)F)cc3CC2)CC1. The zero-order chi connectivity index (χ0) is 22.7. The number of halogens is 2. The Morgan fingerprint density at radius 3 is 2.59 bits per heavy atom. The van der Waals surface area contributed by atoms with E-state index in [4.69, 9.17) is 0 Å². The van der Waals surface area contributed by atoms with Gasteiger partial charge in [0.05, 0.1) is 4.91 Å². The summed E-state index contributed by atoms with van der Waals surface area (Å²) in [5.74, 6) is 0.0917. The Balaban J connectivity index is 1.36. The van der Waals surface area contributed by atoms with Crippen molar-refractivity contribution >= 4 is 16.1 Å². The highest BCUT2D eigenvalue weighted by molar-refractivity contribution is 7.93. The fraction of sp³-hybridized carbons (Fsp3) is 0.417. The molecule has 32 heavy (non-hydrogen) atoms. The quantitative estimate of drug-likeness (QED) is 0.660. The molecule has 8 heteroatoms. The van der Waals surface area contributed by atoms with Gasteiger partial charge in [-0.1, -0.05) is 30.3 Å². The van der Waals surface area contributed by atoms with Crippen molar-refractivity contribution in [1.82, 2.24) is 9.62 Å². The van der Waals surface area contributed by atoms with Crippen molar-refractivity contribution < 1.29 is 21.9 Å². The summed E-state index contributed by atoms with van der Waals surface area (Å²) in [4.78, 5) is 2.71. The molecule has 2 aromatic rings. The summed E-state index contributed by atoms with van der Waals surface area (Å²) in [5, 5.41) is 0. The van der Waals surface area contributed by atoms with Crippen LogP contribution in [-0.2, 0) is 23.0 Å². The Morgan fingerprint density at radius 1 is 1.12 bits per heavy atom. The first-order valence-corrected chi connectivity index (χ1v) is 12.4. The molecule has 2 aliphatic rings. The van der Waals surface area contributed by atoms with Crippen LogP contribution >= 0.6 is 0 Å². The number of ether oxygens (including phenoxy) is 1. The lowest BCUT2D eigenvalue weighted by Gasteiger charge is -2.33. The van der Waals surface area contributed by atoms with Crippen molar-refractivity contribution in [2.45, 2.75) is 51.8 Å². The number of nitrogens with one attached hydrogen (secondary N) is 1. The van der Waals surface area contributed by atoms with Gasteiger partial charge in [0.15, 0.2) is 0 Å². The van der Waals surface area contributed by atoms with Gasteiger partial charge in [-0.05, 0) is 73.1 Å². The smallest absolute Gasteiger partial charge is 0.387 e. The van der Waals surface area contributed by atoms with Crippen LogP contribution in [0.5, 0.6) is 5.75 Å². The minimum atomic E-state index is -3.60. The normalized spacial score (nSPS) is 17.8. The summed E-state index contributed by atoms with van der Waals surface area (Å²) in [6, 6.07) is 12.9. The van der Waals surface area contributed by atoms with E-state index in [0.29, 0.717) is 17.7 Å². The summed E-state index contributed by atoms with van der Waals surface area (Å²) in [7, 11) is -3.60. The zero-order valence-electron chi connectivity index (χ0n) is 18.1. The van der Waals surface area contributed by atoms with E-state index in [2.05, 4.69) is 33.4 Å². The number of hydrogen-bond donors (Lipinski definition) is 1. The average molecular weight is 463 g/mol. The number of piperidine rings is 1. The van der Waals surface area contributed by atoms with E-state index in [1.165, 1.54) is 17.2 Å². The van der Waals surface area contributed by atoms with Gasteiger partial charge in [0.25, 0.3) is 0 Å². The van der Waals surface area contributed by atoms with Gasteiger partial charge < -0.3 is 4.74 Å². The van der Waals surface area contributed by atoms with E-state index < -0.39 is 16.6 Å². The van der Waals surface area contributed by atoms with Crippen molar-refractivity contribution in [2.75, 3.05) is 13.1 Å². The fourth-order valence-electron chi connectivity index (χ4n) is 4.36. The van der Waals surface area contributed by atoms with E-state index in [-0.39, 0.29) is 11.8 Å². The number of fused-ring (bicyclic) bond motifs is 1. The molecule has 0 saturated carbocycles. The molecule has 0 radical (unpaired) electrons. The lowest BCUT2D eigenvalue weighted by Crippen LogP contribution is -2.44. The average Bonchev–Trinajstić information content (AvgIpc) is 2.75. The zero-order valence-corrected chi connectivity index (χ0v) is 18.9. The Kier molecular flexibility index (Phi) is 6.93. The van der Waals surface area contributed by atoms with Crippen molar-refractivity contribution in [1.29, 1.82) is 0 Å². The van der Waals surface area contributed by atoms with Crippen LogP contribution in [0.25, 0.3) is 6.08 Å². The Hall–Kier alpha value is -2.29. The van der Waals surface area contributed by atoms with Crippen LogP contribution in [0.1, 0.15) is 41.5 Å². The summed E-state index contributed by atoms with van der Waals surface area (Å²) < 4.78 is 58.1. The lowest BCUT2D eigenvalue weighted by molar-refractivity contribution is -0.0498. The molecule has 0 aromatic heterocycles. The predicted octanol–water partition coefficient (Wildman–Crippen LogP) is 4.47. The number of hydrogen-bond acceptors (Lipinski definition) is 4. The molecule has 0 bridgehead atoms. The monoisotopic (exact) mass is 462 g/mol. The van der Waals surface area contributed by atoms with E-state index in [0.717, 1.165) is 43.6 Å². The maximum atomic E-state index is 13.0. The minimum Gasteiger partial charge on any atom is -0.435 e. The summed E-state index contributed by atoms with van der Waals surface area (Å²) in [6.45, 7) is 1.80. The molecule has 1 aliphatic carbocycles. The van der Waals surface area contributed by atoms with E-state index in [9.17, 15) is 17.2 Å². The molecule has 1 saturated heterocycles. The molecule has 1 N–H and O–H groups in total. The lowest BCUT2D eigenvalue weighted by atomic mass is 9.97. The van der Waals surface area contributed by atoms with Crippen LogP contribution in [0.2, 0.25) is 0 Å². The molecule has 1 heterocycles. The molecule has 0 unspecified atom stereocenters. The van der Waals surface area contributed by atoms with Gasteiger partial charge >= 0.3 is 6.61 Å². The van der Waals surface area contributed by atoms with Crippen LogP contribution in [-0.4, -0.2) is 39.1 Å². The van der Waals surface area contributed by atoms with Crippen molar-refractivity contribution in [2.24, 2.45) is 0 Å². The number of benzene rings is 2. The highest BCUT2D eigenvalue weighted by Gasteiger charge is 2.28. The Morgan fingerprint density at radius 2 is 1.88 bits per heavy atom. The maximum absolute atomic E-state index is 13.0. The van der Waals surface area contributed by atoms with Crippen molar-refractivity contribution in [3.05, 3.63) is 69.6 Å². The van der Waals surface area contributed by atoms with Gasteiger partial charge in [-0.25, -0.2) is 13.1 Å².